The normalized spacial score (nSPS) is 15.0. The molecule has 2 amide bonds. The molecule has 7 heteroatoms. The number of aromatic nitrogens is 1. The quantitative estimate of drug-likeness (QED) is 0.833. The van der Waals surface area contributed by atoms with Crippen molar-refractivity contribution >= 4 is 29.0 Å². The van der Waals surface area contributed by atoms with Crippen LogP contribution in [0.5, 0.6) is 5.88 Å². The molecule has 1 atom stereocenters. The van der Waals surface area contributed by atoms with Gasteiger partial charge in [0.25, 0.3) is 0 Å². The number of hydrogen-bond acceptors (Lipinski definition) is 4. The summed E-state index contributed by atoms with van der Waals surface area (Å²) in [5, 5.41) is 5.92. The summed E-state index contributed by atoms with van der Waals surface area (Å²) in [5.74, 6) is 1.05. The fraction of sp³-hybridized carbons (Fsp3) is 0.375. The number of methoxy groups -OCH3 is 1. The Bertz CT molecular complexity index is 670. The lowest BCUT2D eigenvalue weighted by Crippen LogP contribution is -2.38. The number of rotatable bonds is 6. The van der Waals surface area contributed by atoms with Gasteiger partial charge in [-0.25, -0.2) is 9.78 Å². The molecule has 1 aliphatic carbocycles. The topological polar surface area (TPSA) is 63.2 Å². The van der Waals surface area contributed by atoms with E-state index < -0.39 is 0 Å². The molecule has 2 aromatic heterocycles. The highest BCUT2D eigenvalue weighted by atomic mass is 35.5. The van der Waals surface area contributed by atoms with Gasteiger partial charge in [0.05, 0.1) is 24.0 Å². The Labute approximate surface area is 144 Å². The lowest BCUT2D eigenvalue weighted by Gasteiger charge is -2.19. The molecule has 2 N–H and O–H groups in total. The Balaban J connectivity index is 1.59. The first-order valence-corrected chi connectivity index (χ1v) is 8.63. The van der Waals surface area contributed by atoms with Crippen molar-refractivity contribution in [1.82, 2.24) is 15.6 Å². The van der Waals surface area contributed by atoms with Gasteiger partial charge in [-0.1, -0.05) is 17.7 Å². The SMILES string of the molecule is COc1ccc(C(NC(=O)NCc2ccc(Cl)s2)C2CC2)cn1. The van der Waals surface area contributed by atoms with Crippen molar-refractivity contribution in [3.8, 4) is 5.88 Å². The molecular formula is C16H18ClN3O2S. The van der Waals surface area contributed by atoms with Crippen LogP contribution >= 0.6 is 22.9 Å². The molecule has 1 saturated carbocycles. The number of amides is 2. The molecule has 3 rings (SSSR count). The minimum atomic E-state index is -0.178. The molecule has 1 unspecified atom stereocenters. The Hall–Kier alpha value is -1.79. The largest absolute Gasteiger partial charge is 0.481 e. The lowest BCUT2D eigenvalue weighted by molar-refractivity contribution is 0.235. The van der Waals surface area contributed by atoms with Crippen molar-refractivity contribution in [3.63, 3.8) is 0 Å². The zero-order chi connectivity index (χ0) is 16.2. The average molecular weight is 352 g/mol. The van der Waals surface area contributed by atoms with E-state index in [4.69, 9.17) is 16.3 Å². The summed E-state index contributed by atoms with van der Waals surface area (Å²) < 4.78 is 5.80. The van der Waals surface area contributed by atoms with Gasteiger partial charge in [-0.3, -0.25) is 0 Å². The van der Waals surface area contributed by atoms with Gasteiger partial charge in [-0.05, 0) is 36.5 Å². The predicted octanol–water partition coefficient (Wildman–Crippen LogP) is 3.76. The summed E-state index contributed by atoms with van der Waals surface area (Å²) in [7, 11) is 1.59. The predicted molar refractivity (Wildman–Crippen MR) is 91.0 cm³/mol. The van der Waals surface area contributed by atoms with Gasteiger partial charge in [-0.2, -0.15) is 0 Å². The Morgan fingerprint density at radius 2 is 2.26 bits per heavy atom. The van der Waals surface area contributed by atoms with Gasteiger partial charge in [0, 0.05) is 17.1 Å². The second-order valence-corrected chi connectivity index (χ2v) is 7.28. The summed E-state index contributed by atoms with van der Waals surface area (Å²) in [5.41, 5.74) is 1.00. The summed E-state index contributed by atoms with van der Waals surface area (Å²) in [6, 6.07) is 7.32. The smallest absolute Gasteiger partial charge is 0.315 e. The Morgan fingerprint density at radius 1 is 1.43 bits per heavy atom. The monoisotopic (exact) mass is 351 g/mol. The molecule has 0 radical (unpaired) electrons. The molecule has 2 heterocycles. The van der Waals surface area contributed by atoms with E-state index in [0.29, 0.717) is 18.3 Å². The third-order valence-corrected chi connectivity index (χ3v) is 4.99. The van der Waals surface area contributed by atoms with E-state index in [1.807, 2.05) is 24.3 Å². The maximum atomic E-state index is 12.2. The molecule has 5 nitrogen and oxygen atoms in total. The van der Waals surface area contributed by atoms with Crippen LogP contribution in [0.3, 0.4) is 0 Å². The summed E-state index contributed by atoms with van der Waals surface area (Å²) >= 11 is 7.35. The van der Waals surface area contributed by atoms with Gasteiger partial charge >= 0.3 is 6.03 Å². The second-order valence-electron chi connectivity index (χ2n) is 5.48. The van der Waals surface area contributed by atoms with Crippen molar-refractivity contribution in [2.45, 2.75) is 25.4 Å². The number of nitrogens with zero attached hydrogens (tertiary/aromatic N) is 1. The number of ether oxygens (including phenoxy) is 1. The maximum Gasteiger partial charge on any atom is 0.315 e. The van der Waals surface area contributed by atoms with Crippen LogP contribution in [-0.4, -0.2) is 18.1 Å². The zero-order valence-electron chi connectivity index (χ0n) is 12.7. The first-order chi connectivity index (χ1) is 11.2. The van der Waals surface area contributed by atoms with Crippen LogP contribution in [0.2, 0.25) is 4.34 Å². The van der Waals surface area contributed by atoms with Crippen molar-refractivity contribution in [2.75, 3.05) is 7.11 Å². The van der Waals surface area contributed by atoms with Crippen LogP contribution in [-0.2, 0) is 6.54 Å². The molecule has 0 aliphatic heterocycles. The van der Waals surface area contributed by atoms with Crippen LogP contribution in [0, 0.1) is 5.92 Å². The van der Waals surface area contributed by atoms with Gasteiger partial charge < -0.3 is 15.4 Å². The van der Waals surface area contributed by atoms with Gasteiger partial charge in [-0.15, -0.1) is 11.3 Å². The number of urea groups is 1. The first-order valence-electron chi connectivity index (χ1n) is 7.44. The minimum Gasteiger partial charge on any atom is -0.481 e. The highest BCUT2D eigenvalue weighted by Crippen LogP contribution is 2.41. The molecule has 0 saturated heterocycles. The number of halogens is 1. The van der Waals surface area contributed by atoms with Crippen LogP contribution in [0.1, 0.15) is 29.3 Å². The standard InChI is InChI=1S/C16H18ClN3O2S/c1-22-14-7-4-11(8-18-14)15(10-2-3-10)20-16(21)19-9-12-5-6-13(17)23-12/h4-8,10,15H,2-3,9H2,1H3,(H2,19,20,21). The number of hydrogen-bond donors (Lipinski definition) is 2. The van der Waals surface area contributed by atoms with E-state index in [9.17, 15) is 4.79 Å². The minimum absolute atomic E-state index is 0.0136. The van der Waals surface area contributed by atoms with E-state index >= 15 is 0 Å². The Kier molecular flexibility index (Phi) is 5.03. The molecule has 0 bridgehead atoms. The molecule has 0 spiro atoms. The van der Waals surface area contributed by atoms with Crippen LogP contribution < -0.4 is 15.4 Å². The fourth-order valence-corrected chi connectivity index (χ4v) is 3.43. The van der Waals surface area contributed by atoms with E-state index in [2.05, 4.69) is 15.6 Å². The lowest BCUT2D eigenvalue weighted by atomic mass is 10.0. The molecule has 1 aliphatic rings. The van der Waals surface area contributed by atoms with E-state index in [1.54, 1.807) is 13.3 Å². The first kappa shape index (κ1) is 16.1. The molecular weight excluding hydrogens is 334 g/mol. The number of carbonyl (C=O) groups excluding carboxylic acids is 1. The van der Waals surface area contributed by atoms with Gasteiger partial charge in [0.15, 0.2) is 0 Å². The highest BCUT2D eigenvalue weighted by molar-refractivity contribution is 7.16. The van der Waals surface area contributed by atoms with E-state index in [1.165, 1.54) is 11.3 Å². The second kappa shape index (κ2) is 7.19. The zero-order valence-corrected chi connectivity index (χ0v) is 14.3. The molecule has 2 aromatic rings. The van der Waals surface area contributed by atoms with Crippen molar-refractivity contribution in [1.29, 1.82) is 0 Å². The molecule has 23 heavy (non-hydrogen) atoms. The van der Waals surface area contributed by atoms with E-state index in [0.717, 1.165) is 27.6 Å². The van der Waals surface area contributed by atoms with Crippen molar-refractivity contribution < 1.29 is 9.53 Å². The van der Waals surface area contributed by atoms with Gasteiger partial charge in [0.2, 0.25) is 5.88 Å². The number of nitrogens with one attached hydrogen (secondary N) is 2. The molecule has 1 fully saturated rings. The number of thiophene rings is 1. The number of carbonyl (C=O) groups is 1. The third kappa shape index (κ3) is 4.36. The summed E-state index contributed by atoms with van der Waals surface area (Å²) in [4.78, 5) is 17.4. The summed E-state index contributed by atoms with van der Waals surface area (Å²) in [6.45, 7) is 0.474. The van der Waals surface area contributed by atoms with Gasteiger partial charge in [0.1, 0.15) is 0 Å². The Morgan fingerprint density at radius 3 is 2.83 bits per heavy atom. The average Bonchev–Trinajstić information content (AvgIpc) is 3.32. The fourth-order valence-electron chi connectivity index (χ4n) is 2.41. The number of pyridine rings is 1. The molecule has 122 valence electrons. The summed E-state index contributed by atoms with van der Waals surface area (Å²) in [6.07, 6.45) is 4.01. The maximum absolute atomic E-state index is 12.2. The van der Waals surface area contributed by atoms with Crippen LogP contribution in [0.25, 0.3) is 0 Å². The third-order valence-electron chi connectivity index (χ3n) is 3.76. The van der Waals surface area contributed by atoms with Crippen LogP contribution in [0.15, 0.2) is 30.5 Å². The van der Waals surface area contributed by atoms with E-state index in [-0.39, 0.29) is 12.1 Å². The van der Waals surface area contributed by atoms with Crippen molar-refractivity contribution in [3.05, 3.63) is 45.2 Å². The van der Waals surface area contributed by atoms with Crippen molar-refractivity contribution in [2.24, 2.45) is 5.92 Å². The van der Waals surface area contributed by atoms with Crippen LogP contribution in [0.4, 0.5) is 4.79 Å². The highest BCUT2D eigenvalue weighted by Gasteiger charge is 2.33. The molecule has 0 aromatic carbocycles.